The maximum absolute atomic E-state index is 13.5. The molecule has 3 amide bonds. The number of aromatic amines is 1. The van der Waals surface area contributed by atoms with Crippen molar-refractivity contribution in [3.8, 4) is 0 Å². The van der Waals surface area contributed by atoms with E-state index in [4.69, 9.17) is 13.7 Å². The maximum Gasteiger partial charge on any atom is 0.429 e. The van der Waals surface area contributed by atoms with Crippen molar-refractivity contribution < 1.29 is 36.5 Å². The summed E-state index contributed by atoms with van der Waals surface area (Å²) in [4.78, 5) is 40.5. The Morgan fingerprint density at radius 1 is 1.16 bits per heavy atom. The van der Waals surface area contributed by atoms with Crippen molar-refractivity contribution in [2.24, 2.45) is 0 Å². The van der Waals surface area contributed by atoms with Gasteiger partial charge in [-0.25, -0.2) is 19.6 Å². The molecule has 0 fully saturated rings. The highest BCUT2D eigenvalue weighted by molar-refractivity contribution is 7.85. The second kappa shape index (κ2) is 11.8. The SMILES string of the molecule is CN(C(=O)c1n[nH]c2c1CN(C(=O)OC(C)(C)C)CC2)N(CCOS(C)(=O)=O)C(=O)OCc1ccccc1. The van der Waals surface area contributed by atoms with E-state index >= 15 is 0 Å². The summed E-state index contributed by atoms with van der Waals surface area (Å²) in [6.07, 6.45) is -0.0857. The fourth-order valence-corrected chi connectivity index (χ4v) is 4.03. The van der Waals surface area contributed by atoms with Crippen LogP contribution in [0.4, 0.5) is 9.59 Å². The molecule has 2 aromatic rings. The van der Waals surface area contributed by atoms with E-state index in [2.05, 4.69) is 10.2 Å². The zero-order valence-corrected chi connectivity index (χ0v) is 22.9. The van der Waals surface area contributed by atoms with Crippen LogP contribution in [0.15, 0.2) is 30.3 Å². The molecule has 3 rings (SSSR count). The van der Waals surface area contributed by atoms with Crippen molar-refractivity contribution in [3.63, 3.8) is 0 Å². The van der Waals surface area contributed by atoms with E-state index in [0.29, 0.717) is 24.2 Å². The Balaban J connectivity index is 1.77. The Morgan fingerprint density at radius 3 is 2.47 bits per heavy atom. The first-order valence-corrected chi connectivity index (χ1v) is 13.7. The van der Waals surface area contributed by atoms with E-state index in [1.165, 1.54) is 11.9 Å². The van der Waals surface area contributed by atoms with Crippen molar-refractivity contribution in [3.05, 3.63) is 52.8 Å². The number of nitrogens with one attached hydrogen (secondary N) is 1. The Morgan fingerprint density at radius 2 is 1.84 bits per heavy atom. The van der Waals surface area contributed by atoms with Gasteiger partial charge in [0.15, 0.2) is 5.69 Å². The van der Waals surface area contributed by atoms with Crippen molar-refractivity contribution in [2.45, 2.75) is 45.9 Å². The minimum absolute atomic E-state index is 0.0145. The van der Waals surface area contributed by atoms with Crippen LogP contribution in [0, 0.1) is 0 Å². The first kappa shape index (κ1) is 28.9. The smallest absolute Gasteiger partial charge is 0.429 e. The zero-order valence-electron chi connectivity index (χ0n) is 22.1. The lowest BCUT2D eigenvalue weighted by Crippen LogP contribution is -2.49. The summed E-state index contributed by atoms with van der Waals surface area (Å²) in [5, 5.41) is 8.90. The minimum Gasteiger partial charge on any atom is -0.444 e. The van der Waals surface area contributed by atoms with Crippen molar-refractivity contribution in [1.82, 2.24) is 25.1 Å². The molecule has 1 aromatic heterocycles. The van der Waals surface area contributed by atoms with Crippen molar-refractivity contribution in [1.29, 1.82) is 0 Å². The molecule has 0 atom stereocenters. The predicted molar refractivity (Wildman–Crippen MR) is 135 cm³/mol. The molecule has 0 radical (unpaired) electrons. The predicted octanol–water partition coefficient (Wildman–Crippen LogP) is 2.30. The quantitative estimate of drug-likeness (QED) is 0.404. The summed E-state index contributed by atoms with van der Waals surface area (Å²) in [6, 6.07) is 8.94. The average Bonchev–Trinajstić information content (AvgIpc) is 3.26. The van der Waals surface area contributed by atoms with Gasteiger partial charge in [-0.1, -0.05) is 30.3 Å². The molecule has 0 saturated carbocycles. The molecule has 0 saturated heterocycles. The fraction of sp³-hybridized carbons (Fsp3) is 0.500. The molecule has 38 heavy (non-hydrogen) atoms. The van der Waals surface area contributed by atoms with Crippen molar-refractivity contribution in [2.75, 3.05) is 33.0 Å². The number of carbonyl (C=O) groups is 3. The minimum atomic E-state index is -3.78. The third-order valence-electron chi connectivity index (χ3n) is 5.46. The van der Waals surface area contributed by atoms with Gasteiger partial charge in [0.05, 0.1) is 26.0 Å². The molecule has 208 valence electrons. The molecule has 13 nitrogen and oxygen atoms in total. The Labute approximate surface area is 221 Å². The van der Waals surface area contributed by atoms with Gasteiger partial charge in [-0.2, -0.15) is 13.5 Å². The highest BCUT2D eigenvalue weighted by Gasteiger charge is 2.33. The third-order valence-corrected chi connectivity index (χ3v) is 6.06. The van der Waals surface area contributed by atoms with Crippen LogP contribution < -0.4 is 0 Å². The number of benzene rings is 1. The largest absolute Gasteiger partial charge is 0.444 e. The topological polar surface area (TPSA) is 151 Å². The molecule has 0 unspecified atom stereocenters. The molecule has 0 spiro atoms. The number of H-pyrrole nitrogens is 1. The summed E-state index contributed by atoms with van der Waals surface area (Å²) >= 11 is 0. The van der Waals surface area contributed by atoms with E-state index in [-0.39, 0.29) is 25.4 Å². The Hall–Kier alpha value is -3.65. The van der Waals surface area contributed by atoms with Gasteiger partial charge in [0.25, 0.3) is 16.0 Å². The number of hydrazine groups is 1. The number of nitrogens with zero attached hydrogens (tertiary/aromatic N) is 4. The standard InChI is InChI=1S/C24H33N5O8S/c1-24(2,3)37-22(31)28-12-11-19-18(15-28)20(26-25-19)21(30)27(4)29(13-14-36-38(5,33)34)23(32)35-16-17-9-7-6-8-10-17/h6-10H,11-16H2,1-5H3,(H,25,26). The van der Waals surface area contributed by atoms with Crippen LogP contribution in [0.2, 0.25) is 0 Å². The van der Waals surface area contributed by atoms with Crippen LogP contribution >= 0.6 is 0 Å². The van der Waals surface area contributed by atoms with Crippen LogP contribution in [0.25, 0.3) is 0 Å². The number of rotatable bonds is 7. The lowest BCUT2D eigenvalue weighted by Gasteiger charge is -2.32. The lowest BCUT2D eigenvalue weighted by atomic mass is 10.1. The van der Waals surface area contributed by atoms with E-state index in [1.54, 1.807) is 45.0 Å². The van der Waals surface area contributed by atoms with Crippen LogP contribution in [-0.4, -0.2) is 90.2 Å². The number of fused-ring (bicyclic) bond motifs is 1. The maximum atomic E-state index is 13.5. The number of carbonyl (C=O) groups excluding carboxylic acids is 3. The van der Waals surface area contributed by atoms with E-state index < -0.39 is 40.4 Å². The number of amides is 3. The van der Waals surface area contributed by atoms with Gasteiger partial charge in [0, 0.05) is 31.3 Å². The van der Waals surface area contributed by atoms with Gasteiger partial charge in [-0.05, 0) is 26.3 Å². The van der Waals surface area contributed by atoms with Crippen LogP contribution in [0.3, 0.4) is 0 Å². The van der Waals surface area contributed by atoms with Gasteiger partial charge < -0.3 is 14.4 Å². The number of hydrogen-bond donors (Lipinski definition) is 1. The Kier molecular flexibility index (Phi) is 8.99. The van der Waals surface area contributed by atoms with E-state index in [0.717, 1.165) is 21.8 Å². The van der Waals surface area contributed by atoms with Crippen LogP contribution in [-0.2, 0) is 43.3 Å². The van der Waals surface area contributed by atoms with Gasteiger partial charge in [0.1, 0.15) is 12.2 Å². The van der Waals surface area contributed by atoms with Gasteiger partial charge >= 0.3 is 12.2 Å². The number of ether oxygens (including phenoxy) is 2. The summed E-state index contributed by atoms with van der Waals surface area (Å²) in [6.45, 7) is 5.01. The Bertz CT molecular complexity index is 1260. The second-order valence-corrected chi connectivity index (χ2v) is 11.3. The first-order valence-electron chi connectivity index (χ1n) is 11.9. The molecule has 1 N–H and O–H groups in total. The molecule has 0 bridgehead atoms. The van der Waals surface area contributed by atoms with Gasteiger partial charge in [0.2, 0.25) is 0 Å². The molecule has 1 aliphatic rings. The fourth-order valence-electron chi connectivity index (χ4n) is 3.65. The molecular weight excluding hydrogens is 518 g/mol. The normalized spacial score (nSPS) is 13.4. The summed E-state index contributed by atoms with van der Waals surface area (Å²) < 4.78 is 38.4. The van der Waals surface area contributed by atoms with E-state index in [1.807, 2.05) is 6.07 Å². The molecule has 0 aliphatic carbocycles. The molecule has 14 heteroatoms. The molecule has 2 heterocycles. The highest BCUT2D eigenvalue weighted by atomic mass is 32.2. The van der Waals surface area contributed by atoms with Crippen LogP contribution in [0.1, 0.15) is 48.1 Å². The van der Waals surface area contributed by atoms with Gasteiger partial charge in [-0.15, -0.1) is 0 Å². The zero-order chi connectivity index (χ0) is 28.1. The monoisotopic (exact) mass is 551 g/mol. The highest BCUT2D eigenvalue weighted by Crippen LogP contribution is 2.23. The van der Waals surface area contributed by atoms with Gasteiger partial charge in [-0.3, -0.25) is 14.1 Å². The molecule has 1 aromatic carbocycles. The molecular formula is C24H33N5O8S. The summed E-state index contributed by atoms with van der Waals surface area (Å²) in [5.74, 6) is -0.662. The lowest BCUT2D eigenvalue weighted by molar-refractivity contribution is -0.00705. The van der Waals surface area contributed by atoms with Crippen LogP contribution in [0.5, 0.6) is 0 Å². The van der Waals surface area contributed by atoms with E-state index in [9.17, 15) is 22.8 Å². The first-order chi connectivity index (χ1) is 17.7. The van der Waals surface area contributed by atoms with Crippen molar-refractivity contribution >= 4 is 28.2 Å². The summed E-state index contributed by atoms with van der Waals surface area (Å²) in [7, 11) is -2.44. The average molecular weight is 552 g/mol. The number of hydrogen-bond acceptors (Lipinski definition) is 9. The second-order valence-electron chi connectivity index (χ2n) is 9.70. The third kappa shape index (κ3) is 7.92. The number of aromatic nitrogens is 2. The summed E-state index contributed by atoms with van der Waals surface area (Å²) in [5.41, 5.74) is 1.26. The molecule has 1 aliphatic heterocycles.